The highest BCUT2D eigenvalue weighted by Gasteiger charge is 2.17. The summed E-state index contributed by atoms with van der Waals surface area (Å²) in [6, 6.07) is 4.38. The summed E-state index contributed by atoms with van der Waals surface area (Å²) in [4.78, 5) is 23.0. The Morgan fingerprint density at radius 1 is 1.40 bits per heavy atom. The third-order valence-corrected chi connectivity index (χ3v) is 2.92. The molecule has 0 aliphatic carbocycles. The maximum absolute atomic E-state index is 11.5. The molecule has 0 unspecified atom stereocenters. The minimum absolute atomic E-state index is 0.126. The van der Waals surface area contributed by atoms with E-state index in [1.54, 1.807) is 0 Å². The fourth-order valence-corrected chi connectivity index (χ4v) is 2.05. The maximum atomic E-state index is 11.5. The van der Waals surface area contributed by atoms with Crippen molar-refractivity contribution in [2.75, 3.05) is 12.8 Å². The topological polar surface area (TPSA) is 116 Å². The molecule has 0 aliphatic rings. The van der Waals surface area contributed by atoms with Crippen molar-refractivity contribution in [3.05, 3.63) is 40.7 Å². The Bertz CT molecular complexity index is 695. The van der Waals surface area contributed by atoms with Gasteiger partial charge in [0, 0.05) is 18.9 Å². The van der Waals surface area contributed by atoms with Crippen LogP contribution in [0.25, 0.3) is 5.69 Å². The van der Waals surface area contributed by atoms with Crippen LogP contribution >= 0.6 is 11.6 Å². The molecular weight excluding hydrogens is 282 g/mol. The molecule has 5 N–H and O–H groups in total. The van der Waals surface area contributed by atoms with E-state index in [-0.39, 0.29) is 27.9 Å². The molecule has 7 nitrogen and oxygen atoms in total. The van der Waals surface area contributed by atoms with Crippen LogP contribution in [0.3, 0.4) is 0 Å². The van der Waals surface area contributed by atoms with E-state index in [1.807, 2.05) is 0 Å². The standard InChI is InChI=1S/C12H12ClN5O2/c1-16-12(20)9-2-3-18(17-9)10-7(11(15)19)4-6(14)5-8(10)13/h2-5H,14H2,1H3,(H2,15,19)(H,16,20). The summed E-state index contributed by atoms with van der Waals surface area (Å²) in [6.45, 7) is 0. The first-order valence-electron chi connectivity index (χ1n) is 5.61. The van der Waals surface area contributed by atoms with Crippen LogP contribution in [-0.4, -0.2) is 28.6 Å². The lowest BCUT2D eigenvalue weighted by Crippen LogP contribution is -2.19. The maximum Gasteiger partial charge on any atom is 0.271 e. The van der Waals surface area contributed by atoms with E-state index in [9.17, 15) is 9.59 Å². The van der Waals surface area contributed by atoms with E-state index in [4.69, 9.17) is 23.1 Å². The number of benzene rings is 1. The second-order valence-electron chi connectivity index (χ2n) is 3.99. The molecule has 104 valence electrons. The zero-order valence-electron chi connectivity index (χ0n) is 10.6. The molecule has 0 spiro atoms. The molecule has 1 aromatic carbocycles. The SMILES string of the molecule is CNC(=O)c1ccn(-c2c(Cl)cc(N)cc2C(N)=O)n1. The van der Waals surface area contributed by atoms with Gasteiger partial charge in [-0.05, 0) is 18.2 Å². The molecular formula is C12H12ClN5O2. The van der Waals surface area contributed by atoms with Crippen LogP contribution in [-0.2, 0) is 0 Å². The molecule has 2 rings (SSSR count). The molecule has 2 aromatic rings. The number of primary amides is 1. The number of aromatic nitrogens is 2. The molecule has 0 saturated heterocycles. The van der Waals surface area contributed by atoms with Crippen LogP contribution in [0.1, 0.15) is 20.8 Å². The zero-order valence-corrected chi connectivity index (χ0v) is 11.3. The van der Waals surface area contributed by atoms with E-state index in [2.05, 4.69) is 10.4 Å². The molecule has 0 saturated carbocycles. The number of nitrogens with zero attached hydrogens (tertiary/aromatic N) is 2. The first-order valence-corrected chi connectivity index (χ1v) is 5.98. The van der Waals surface area contributed by atoms with Gasteiger partial charge in [-0.2, -0.15) is 5.10 Å². The van der Waals surface area contributed by atoms with Crippen molar-refractivity contribution >= 4 is 29.1 Å². The van der Waals surface area contributed by atoms with Crippen LogP contribution in [0.2, 0.25) is 5.02 Å². The largest absolute Gasteiger partial charge is 0.399 e. The van der Waals surface area contributed by atoms with Gasteiger partial charge in [0.2, 0.25) is 0 Å². The molecule has 0 atom stereocenters. The van der Waals surface area contributed by atoms with Crippen molar-refractivity contribution in [2.45, 2.75) is 0 Å². The first-order chi connectivity index (χ1) is 9.43. The van der Waals surface area contributed by atoms with Gasteiger partial charge in [0.25, 0.3) is 11.8 Å². The van der Waals surface area contributed by atoms with Gasteiger partial charge in [0.1, 0.15) is 0 Å². The van der Waals surface area contributed by atoms with E-state index in [0.29, 0.717) is 5.69 Å². The summed E-state index contributed by atoms with van der Waals surface area (Å²) in [5, 5.41) is 6.72. The predicted octanol–water partition coefficient (Wildman–Crippen LogP) is 0.566. The summed E-state index contributed by atoms with van der Waals surface area (Å²) in [5.74, 6) is -1.04. The molecule has 1 aromatic heterocycles. The van der Waals surface area contributed by atoms with Crippen molar-refractivity contribution in [2.24, 2.45) is 5.73 Å². The highest BCUT2D eigenvalue weighted by Crippen LogP contribution is 2.27. The Morgan fingerprint density at radius 2 is 2.10 bits per heavy atom. The van der Waals surface area contributed by atoms with Gasteiger partial charge in [-0.3, -0.25) is 9.59 Å². The molecule has 0 bridgehead atoms. The number of rotatable bonds is 3. The van der Waals surface area contributed by atoms with Gasteiger partial charge in [-0.25, -0.2) is 4.68 Å². The molecule has 8 heteroatoms. The smallest absolute Gasteiger partial charge is 0.271 e. The van der Waals surface area contributed by atoms with Gasteiger partial charge < -0.3 is 16.8 Å². The Labute approximate surface area is 119 Å². The van der Waals surface area contributed by atoms with E-state index < -0.39 is 5.91 Å². The van der Waals surface area contributed by atoms with Gasteiger partial charge in [0.15, 0.2) is 5.69 Å². The van der Waals surface area contributed by atoms with Crippen molar-refractivity contribution in [1.29, 1.82) is 0 Å². The van der Waals surface area contributed by atoms with E-state index in [0.717, 1.165) is 0 Å². The van der Waals surface area contributed by atoms with Crippen molar-refractivity contribution in [3.8, 4) is 5.69 Å². The normalized spacial score (nSPS) is 10.3. The number of nitrogens with one attached hydrogen (secondary N) is 1. The Balaban J connectivity index is 2.60. The van der Waals surface area contributed by atoms with Crippen LogP contribution in [0.15, 0.2) is 24.4 Å². The Hall–Kier alpha value is -2.54. The highest BCUT2D eigenvalue weighted by atomic mass is 35.5. The number of carbonyl (C=O) groups is 2. The highest BCUT2D eigenvalue weighted by molar-refractivity contribution is 6.33. The molecule has 2 amide bonds. The Kier molecular flexibility index (Phi) is 3.62. The summed E-state index contributed by atoms with van der Waals surface area (Å²) in [5.41, 5.74) is 11.9. The molecule has 1 heterocycles. The van der Waals surface area contributed by atoms with Crippen LogP contribution < -0.4 is 16.8 Å². The van der Waals surface area contributed by atoms with E-state index in [1.165, 1.54) is 36.1 Å². The third kappa shape index (κ3) is 2.43. The molecule has 0 aliphatic heterocycles. The van der Waals surface area contributed by atoms with Crippen molar-refractivity contribution in [3.63, 3.8) is 0 Å². The van der Waals surface area contributed by atoms with Crippen LogP contribution in [0.5, 0.6) is 0 Å². The molecule has 0 radical (unpaired) electrons. The number of hydrogen-bond acceptors (Lipinski definition) is 4. The van der Waals surface area contributed by atoms with Gasteiger partial charge in [-0.1, -0.05) is 11.6 Å². The minimum atomic E-state index is -0.689. The van der Waals surface area contributed by atoms with Crippen LogP contribution in [0.4, 0.5) is 5.69 Å². The van der Waals surface area contributed by atoms with Gasteiger partial charge in [-0.15, -0.1) is 0 Å². The van der Waals surface area contributed by atoms with Crippen molar-refractivity contribution in [1.82, 2.24) is 15.1 Å². The van der Waals surface area contributed by atoms with Gasteiger partial charge in [0.05, 0.1) is 16.3 Å². The number of nitrogens with two attached hydrogens (primary N) is 2. The second kappa shape index (κ2) is 5.22. The average Bonchev–Trinajstić information content (AvgIpc) is 2.86. The number of hydrogen-bond donors (Lipinski definition) is 3. The summed E-state index contributed by atoms with van der Waals surface area (Å²) >= 11 is 6.09. The average molecular weight is 294 g/mol. The number of anilines is 1. The second-order valence-corrected chi connectivity index (χ2v) is 4.40. The summed E-state index contributed by atoms with van der Waals surface area (Å²) in [7, 11) is 1.49. The quantitative estimate of drug-likeness (QED) is 0.717. The number of nitrogen functional groups attached to an aromatic ring is 1. The first kappa shape index (κ1) is 13.9. The number of carbonyl (C=O) groups excluding carboxylic acids is 2. The lowest BCUT2D eigenvalue weighted by molar-refractivity contribution is 0.0956. The van der Waals surface area contributed by atoms with Crippen molar-refractivity contribution < 1.29 is 9.59 Å². The van der Waals surface area contributed by atoms with E-state index >= 15 is 0 Å². The fourth-order valence-electron chi connectivity index (χ4n) is 1.74. The third-order valence-electron chi connectivity index (χ3n) is 2.63. The lowest BCUT2D eigenvalue weighted by atomic mass is 10.1. The van der Waals surface area contributed by atoms with Gasteiger partial charge >= 0.3 is 0 Å². The number of halogens is 1. The molecule has 20 heavy (non-hydrogen) atoms. The minimum Gasteiger partial charge on any atom is -0.399 e. The number of amides is 2. The predicted molar refractivity (Wildman–Crippen MR) is 74.9 cm³/mol. The lowest BCUT2D eigenvalue weighted by Gasteiger charge is -2.10. The van der Waals surface area contributed by atoms with Crippen LogP contribution in [0, 0.1) is 0 Å². The summed E-state index contributed by atoms with van der Waals surface area (Å²) < 4.78 is 1.31. The monoisotopic (exact) mass is 293 g/mol. The summed E-state index contributed by atoms with van der Waals surface area (Å²) in [6.07, 6.45) is 1.51. The zero-order chi connectivity index (χ0) is 14.9. The fraction of sp³-hybridized carbons (Fsp3) is 0.0833. The Morgan fingerprint density at radius 3 is 2.70 bits per heavy atom. The molecule has 0 fully saturated rings.